The zero-order valence-electron chi connectivity index (χ0n) is 23.1. The molecule has 3 amide bonds. The molecule has 214 valence electrons. The molecule has 0 aliphatic carbocycles. The quantitative estimate of drug-likeness (QED) is 0.283. The molecule has 0 bridgehead atoms. The summed E-state index contributed by atoms with van der Waals surface area (Å²) in [5, 5.41) is 7.84. The monoisotopic (exact) mass is 584 g/mol. The van der Waals surface area contributed by atoms with Gasteiger partial charge in [0.1, 0.15) is 5.54 Å². The highest BCUT2D eigenvalue weighted by Crippen LogP contribution is 2.54. The van der Waals surface area contributed by atoms with E-state index in [1.165, 1.54) is 4.90 Å². The highest BCUT2D eigenvalue weighted by Gasteiger charge is 2.70. The van der Waals surface area contributed by atoms with Crippen LogP contribution in [0.15, 0.2) is 66.9 Å². The van der Waals surface area contributed by atoms with Crippen LogP contribution in [0.4, 0.5) is 5.69 Å². The number of H-pyrrole nitrogens is 1. The van der Waals surface area contributed by atoms with Gasteiger partial charge >= 0.3 is 0 Å². The second-order valence-electron chi connectivity index (χ2n) is 11.0. The van der Waals surface area contributed by atoms with Crippen molar-refractivity contribution in [3.05, 3.63) is 88.6 Å². The van der Waals surface area contributed by atoms with Crippen LogP contribution in [0, 0.1) is 11.8 Å². The van der Waals surface area contributed by atoms with Crippen LogP contribution in [-0.2, 0) is 32.8 Å². The minimum atomic E-state index is -1.41. The van der Waals surface area contributed by atoms with E-state index >= 15 is 0 Å². The number of aromatic amines is 1. The standard InChI is InChI=1S/C32H29ClN4O5/c1-41-24-11-10-17(14-25(24)42-2)12-13-37-29(38)26-23(15-18-16-34-22-9-4-3-6-19(18)22)36-32(27(26)30(37)39)20-7-5-8-21(33)28(20)35-31(32)40/h3-11,14,16,23,26-27,34,36H,12-13,15H2,1-2H3,(H,35,40)/t23-,26-,27+,32-/m1/s1. The number of halogens is 1. The summed E-state index contributed by atoms with van der Waals surface area (Å²) in [4.78, 5) is 46.8. The van der Waals surface area contributed by atoms with Crippen LogP contribution < -0.4 is 20.1 Å². The Kier molecular flexibility index (Phi) is 6.25. The molecule has 42 heavy (non-hydrogen) atoms. The average molecular weight is 585 g/mol. The molecule has 1 aromatic heterocycles. The lowest BCUT2D eigenvalue weighted by molar-refractivity contribution is -0.142. The average Bonchev–Trinajstić information content (AvgIpc) is 3.71. The van der Waals surface area contributed by atoms with E-state index in [1.54, 1.807) is 38.5 Å². The second kappa shape index (κ2) is 9.89. The third kappa shape index (κ3) is 3.77. The van der Waals surface area contributed by atoms with Gasteiger partial charge in [-0.1, -0.05) is 48.0 Å². The number of carbonyl (C=O) groups is 3. The van der Waals surface area contributed by atoms with Gasteiger partial charge < -0.3 is 19.8 Å². The van der Waals surface area contributed by atoms with Gasteiger partial charge in [-0.15, -0.1) is 0 Å². The minimum absolute atomic E-state index is 0.181. The zero-order valence-corrected chi connectivity index (χ0v) is 23.8. The molecular weight excluding hydrogens is 556 g/mol. The molecule has 7 rings (SSSR count). The fourth-order valence-corrected chi connectivity index (χ4v) is 7.28. The van der Waals surface area contributed by atoms with E-state index in [2.05, 4.69) is 15.6 Å². The van der Waals surface area contributed by atoms with E-state index in [1.807, 2.05) is 42.6 Å². The number of benzene rings is 3. The van der Waals surface area contributed by atoms with Crippen molar-refractivity contribution in [3.8, 4) is 11.5 Å². The van der Waals surface area contributed by atoms with E-state index in [-0.39, 0.29) is 24.3 Å². The summed E-state index contributed by atoms with van der Waals surface area (Å²) in [5.41, 5.74) is 2.55. The van der Waals surface area contributed by atoms with Crippen molar-refractivity contribution in [2.24, 2.45) is 11.8 Å². The number of para-hydroxylation sites is 2. The lowest BCUT2D eigenvalue weighted by Crippen LogP contribution is -2.53. The number of hydrogen-bond donors (Lipinski definition) is 3. The van der Waals surface area contributed by atoms with E-state index in [0.29, 0.717) is 40.6 Å². The molecule has 0 radical (unpaired) electrons. The van der Waals surface area contributed by atoms with Crippen molar-refractivity contribution in [2.75, 3.05) is 26.1 Å². The molecule has 0 saturated carbocycles. The van der Waals surface area contributed by atoms with Crippen molar-refractivity contribution < 1.29 is 23.9 Å². The summed E-state index contributed by atoms with van der Waals surface area (Å²) >= 11 is 6.49. The third-order valence-electron chi connectivity index (χ3n) is 8.98. The zero-order chi connectivity index (χ0) is 29.2. The van der Waals surface area contributed by atoms with Gasteiger partial charge in [-0.2, -0.15) is 0 Å². The Morgan fingerprint density at radius 2 is 1.76 bits per heavy atom. The molecule has 1 spiro atoms. The molecule has 2 saturated heterocycles. The second-order valence-corrected chi connectivity index (χ2v) is 11.4. The number of ether oxygens (including phenoxy) is 2. The Hall–Kier alpha value is -4.34. The first-order valence-electron chi connectivity index (χ1n) is 13.9. The number of nitrogens with zero attached hydrogens (tertiary/aromatic N) is 1. The Morgan fingerprint density at radius 3 is 2.57 bits per heavy atom. The normalized spacial score (nSPS) is 24.4. The molecule has 10 heteroatoms. The number of anilines is 1. The first-order valence-corrected chi connectivity index (χ1v) is 14.2. The van der Waals surface area contributed by atoms with Gasteiger partial charge in [0.15, 0.2) is 11.5 Å². The predicted molar refractivity (Wildman–Crippen MR) is 158 cm³/mol. The number of likely N-dealkylation sites (tertiary alicyclic amines) is 1. The minimum Gasteiger partial charge on any atom is -0.493 e. The van der Waals surface area contributed by atoms with Gasteiger partial charge in [0.05, 0.1) is 36.8 Å². The molecular formula is C32H29ClN4O5. The summed E-state index contributed by atoms with van der Waals surface area (Å²) in [7, 11) is 3.13. The number of nitrogens with one attached hydrogen (secondary N) is 3. The molecule has 4 aromatic rings. The number of carbonyl (C=O) groups excluding carboxylic acids is 3. The third-order valence-corrected chi connectivity index (χ3v) is 9.29. The summed E-state index contributed by atoms with van der Waals surface area (Å²) in [6, 6.07) is 18.3. The maximum atomic E-state index is 14.2. The van der Waals surface area contributed by atoms with Gasteiger partial charge in [0.2, 0.25) is 17.7 Å². The first-order chi connectivity index (χ1) is 20.4. The van der Waals surface area contributed by atoms with Gasteiger partial charge in [-0.3, -0.25) is 24.6 Å². The van der Waals surface area contributed by atoms with Gasteiger partial charge in [-0.05, 0) is 48.2 Å². The Balaban J connectivity index is 1.26. The van der Waals surface area contributed by atoms with Crippen LogP contribution in [0.5, 0.6) is 11.5 Å². The number of fused-ring (bicyclic) bond motifs is 5. The molecule has 4 heterocycles. The Bertz CT molecular complexity index is 1770. The first kappa shape index (κ1) is 26.6. The molecule has 2 fully saturated rings. The van der Waals surface area contributed by atoms with Crippen molar-refractivity contribution in [1.29, 1.82) is 0 Å². The maximum Gasteiger partial charge on any atom is 0.250 e. The van der Waals surface area contributed by atoms with Crippen molar-refractivity contribution in [3.63, 3.8) is 0 Å². The predicted octanol–water partition coefficient (Wildman–Crippen LogP) is 4.04. The molecule has 9 nitrogen and oxygen atoms in total. The molecule has 0 unspecified atom stereocenters. The maximum absolute atomic E-state index is 14.2. The molecule has 3 aliphatic rings. The fraction of sp³-hybridized carbons (Fsp3) is 0.281. The lowest BCUT2D eigenvalue weighted by Gasteiger charge is -2.29. The fourth-order valence-electron chi connectivity index (χ4n) is 7.06. The topological polar surface area (TPSA) is 113 Å². The van der Waals surface area contributed by atoms with Crippen molar-refractivity contribution in [2.45, 2.75) is 24.4 Å². The summed E-state index contributed by atoms with van der Waals surface area (Å²) in [6.45, 7) is 0.181. The van der Waals surface area contributed by atoms with Gasteiger partial charge in [0, 0.05) is 35.2 Å². The van der Waals surface area contributed by atoms with Crippen LogP contribution in [0.3, 0.4) is 0 Å². The van der Waals surface area contributed by atoms with E-state index in [4.69, 9.17) is 21.1 Å². The number of amides is 3. The molecule has 3 N–H and O–H groups in total. The summed E-state index contributed by atoms with van der Waals surface area (Å²) in [5.74, 6) is -1.47. The number of hydrogen-bond acceptors (Lipinski definition) is 6. The molecule has 3 aromatic carbocycles. The van der Waals surface area contributed by atoms with Crippen LogP contribution in [0.25, 0.3) is 10.9 Å². The highest BCUT2D eigenvalue weighted by molar-refractivity contribution is 6.35. The van der Waals surface area contributed by atoms with Crippen molar-refractivity contribution >= 4 is 45.9 Å². The van der Waals surface area contributed by atoms with Crippen molar-refractivity contribution in [1.82, 2.24) is 15.2 Å². The smallest absolute Gasteiger partial charge is 0.250 e. The van der Waals surface area contributed by atoms with E-state index in [0.717, 1.165) is 22.0 Å². The summed E-state index contributed by atoms with van der Waals surface area (Å²) < 4.78 is 10.8. The SMILES string of the molecule is COc1ccc(CCN2C(=O)[C@H]3[C@@H](C2=O)[C@@]2(N[C@@H]3Cc3c[nH]c4ccccc34)C(=O)Nc3c(Cl)cccc32)cc1OC. The number of methoxy groups -OCH3 is 2. The molecule has 4 atom stereocenters. The van der Waals surface area contributed by atoms with Crippen LogP contribution in [0.1, 0.15) is 16.7 Å². The number of aromatic nitrogens is 1. The van der Waals surface area contributed by atoms with E-state index in [9.17, 15) is 14.4 Å². The lowest BCUT2D eigenvalue weighted by atomic mass is 9.76. The van der Waals surface area contributed by atoms with Gasteiger partial charge in [-0.25, -0.2) is 0 Å². The van der Waals surface area contributed by atoms with Crippen LogP contribution in [0.2, 0.25) is 5.02 Å². The molecule has 3 aliphatic heterocycles. The number of rotatable bonds is 7. The highest BCUT2D eigenvalue weighted by atomic mass is 35.5. The van der Waals surface area contributed by atoms with Crippen LogP contribution in [-0.4, -0.2) is 54.4 Å². The largest absolute Gasteiger partial charge is 0.493 e. The Morgan fingerprint density at radius 1 is 0.952 bits per heavy atom. The van der Waals surface area contributed by atoms with Gasteiger partial charge in [0.25, 0.3) is 0 Å². The van der Waals surface area contributed by atoms with Crippen LogP contribution >= 0.6 is 11.6 Å². The van der Waals surface area contributed by atoms with E-state index < -0.39 is 23.4 Å². The summed E-state index contributed by atoms with van der Waals surface area (Å²) in [6.07, 6.45) is 2.82. The number of imide groups is 1. The Labute approximate surface area is 247 Å².